The fraction of sp³-hybridized carbons (Fsp3) is 0.800. The smallest absolute Gasteiger partial charge is 0.300 e. The van der Waals surface area contributed by atoms with E-state index in [0.717, 1.165) is 5.43 Å². The zero-order valence-electron chi connectivity index (χ0n) is 6.86. The van der Waals surface area contributed by atoms with Gasteiger partial charge < -0.3 is 4.74 Å². The van der Waals surface area contributed by atoms with Gasteiger partial charge in [0.05, 0.1) is 0 Å². The third-order valence-electron chi connectivity index (χ3n) is 1.18. The first-order valence-corrected chi connectivity index (χ1v) is 3.24. The van der Waals surface area contributed by atoms with Crippen molar-refractivity contribution in [3.8, 4) is 0 Å². The number of amides is 1. The summed E-state index contributed by atoms with van der Waals surface area (Å²) < 4.78 is 63.1. The van der Waals surface area contributed by atoms with Crippen LogP contribution in [0.4, 0.5) is 22.0 Å². The summed E-state index contributed by atoms with van der Waals surface area (Å²) in [6.07, 6.45) is -12.4. The van der Waals surface area contributed by atoms with Crippen LogP contribution in [0.2, 0.25) is 0 Å². The Morgan fingerprint density at radius 3 is 2.07 bits per heavy atom. The van der Waals surface area contributed by atoms with Crippen molar-refractivity contribution in [2.24, 2.45) is 5.84 Å². The molecule has 1 atom stereocenters. The summed E-state index contributed by atoms with van der Waals surface area (Å²) in [6, 6.07) is 0. The van der Waals surface area contributed by atoms with E-state index >= 15 is 0 Å². The molecule has 0 aromatic carbocycles. The summed E-state index contributed by atoms with van der Waals surface area (Å²) in [5, 5.41) is 0. The van der Waals surface area contributed by atoms with Crippen LogP contribution >= 0.6 is 0 Å². The lowest BCUT2D eigenvalue weighted by atomic mass is 10.4. The second kappa shape index (κ2) is 4.05. The van der Waals surface area contributed by atoms with Gasteiger partial charge in [0, 0.05) is 0 Å². The van der Waals surface area contributed by atoms with E-state index in [1.807, 2.05) is 0 Å². The minimum atomic E-state index is -4.97. The van der Waals surface area contributed by atoms with Crippen LogP contribution in [0.5, 0.6) is 0 Å². The molecule has 0 radical (unpaired) electrons. The Hall–Kier alpha value is -0.960. The lowest BCUT2D eigenvalue weighted by molar-refractivity contribution is -0.305. The summed E-state index contributed by atoms with van der Waals surface area (Å²) in [5.74, 6) is 2.16. The van der Waals surface area contributed by atoms with Crippen LogP contribution in [0.3, 0.4) is 0 Å². The standard InChI is InChI=1S/C5H7F5N2O2/c1-2(4(6,7)8)14-5(9,10)3(13)12-11/h2H,11H2,1H3,(H,12,13). The van der Waals surface area contributed by atoms with Gasteiger partial charge in [0.15, 0.2) is 6.10 Å². The number of carbonyl (C=O) groups excluding carboxylic acids is 1. The van der Waals surface area contributed by atoms with Gasteiger partial charge in [-0.2, -0.15) is 22.0 Å². The van der Waals surface area contributed by atoms with Crippen LogP contribution in [0.25, 0.3) is 0 Å². The average Bonchev–Trinajstić information content (AvgIpc) is 2.00. The predicted molar refractivity (Wildman–Crippen MR) is 33.9 cm³/mol. The number of hydrazine groups is 1. The molecule has 0 saturated heterocycles. The number of halogens is 5. The zero-order valence-corrected chi connectivity index (χ0v) is 6.86. The highest BCUT2D eigenvalue weighted by molar-refractivity contribution is 5.81. The van der Waals surface area contributed by atoms with E-state index in [2.05, 4.69) is 10.6 Å². The Bertz CT molecular complexity index is 217. The molecule has 9 heteroatoms. The topological polar surface area (TPSA) is 64.3 Å². The third kappa shape index (κ3) is 3.42. The number of nitrogens with two attached hydrogens (primary N) is 1. The molecule has 0 aliphatic carbocycles. The molecule has 0 aliphatic heterocycles. The molecular formula is C5H7F5N2O2. The Kier molecular flexibility index (Phi) is 3.77. The van der Waals surface area contributed by atoms with Gasteiger partial charge >= 0.3 is 18.2 Å². The Labute approximate surface area is 75.2 Å². The van der Waals surface area contributed by atoms with Crippen molar-refractivity contribution < 1.29 is 31.5 Å². The van der Waals surface area contributed by atoms with Gasteiger partial charge in [0.2, 0.25) is 0 Å². The molecule has 0 aromatic heterocycles. The summed E-state index contributed by atoms with van der Waals surface area (Å²) in [6.45, 7) is 0.345. The molecule has 14 heavy (non-hydrogen) atoms. The number of hydrogen-bond acceptors (Lipinski definition) is 3. The fourth-order valence-corrected chi connectivity index (χ4v) is 0.426. The van der Waals surface area contributed by atoms with Crippen LogP contribution in [0, 0.1) is 0 Å². The summed E-state index contributed by atoms with van der Waals surface area (Å²) in [4.78, 5) is 10.2. The molecule has 0 heterocycles. The van der Waals surface area contributed by atoms with Crippen molar-refractivity contribution in [1.82, 2.24) is 5.43 Å². The van der Waals surface area contributed by atoms with Crippen molar-refractivity contribution in [3.05, 3.63) is 0 Å². The molecule has 0 saturated carbocycles. The summed E-state index contributed by atoms with van der Waals surface area (Å²) in [5.41, 5.74) is 0.981. The van der Waals surface area contributed by atoms with Crippen LogP contribution < -0.4 is 11.3 Å². The number of alkyl halides is 5. The minimum absolute atomic E-state index is 0.345. The lowest BCUT2D eigenvalue weighted by Crippen LogP contribution is -2.48. The molecule has 0 fully saturated rings. The van der Waals surface area contributed by atoms with E-state index < -0.39 is 24.3 Å². The number of rotatable bonds is 3. The van der Waals surface area contributed by atoms with Gasteiger partial charge in [-0.3, -0.25) is 10.2 Å². The van der Waals surface area contributed by atoms with E-state index in [1.165, 1.54) is 0 Å². The molecule has 1 amide bonds. The van der Waals surface area contributed by atoms with Crippen LogP contribution in [0.15, 0.2) is 0 Å². The molecule has 0 aliphatic rings. The third-order valence-corrected chi connectivity index (χ3v) is 1.18. The van der Waals surface area contributed by atoms with Crippen molar-refractivity contribution in [2.45, 2.75) is 25.3 Å². The monoisotopic (exact) mass is 222 g/mol. The molecule has 0 rings (SSSR count). The first kappa shape index (κ1) is 13.0. The Morgan fingerprint density at radius 1 is 1.36 bits per heavy atom. The molecule has 0 aromatic rings. The highest BCUT2D eigenvalue weighted by Crippen LogP contribution is 2.28. The van der Waals surface area contributed by atoms with Gasteiger partial charge in [0.25, 0.3) is 0 Å². The second-order valence-electron chi connectivity index (χ2n) is 2.29. The van der Waals surface area contributed by atoms with E-state index in [0.29, 0.717) is 6.92 Å². The zero-order chi connectivity index (χ0) is 11.6. The molecule has 0 bridgehead atoms. The Morgan fingerprint density at radius 2 is 1.79 bits per heavy atom. The highest BCUT2D eigenvalue weighted by Gasteiger charge is 2.48. The number of ether oxygens (including phenoxy) is 1. The number of carbonyl (C=O) groups is 1. The van der Waals surface area contributed by atoms with E-state index in [-0.39, 0.29) is 0 Å². The first-order valence-electron chi connectivity index (χ1n) is 3.24. The van der Waals surface area contributed by atoms with E-state index in [4.69, 9.17) is 0 Å². The largest absolute Gasteiger partial charge is 0.438 e. The van der Waals surface area contributed by atoms with E-state index in [1.54, 1.807) is 0 Å². The highest BCUT2D eigenvalue weighted by atomic mass is 19.4. The van der Waals surface area contributed by atoms with Crippen molar-refractivity contribution in [2.75, 3.05) is 0 Å². The van der Waals surface area contributed by atoms with Gasteiger partial charge in [-0.25, -0.2) is 5.84 Å². The molecule has 4 nitrogen and oxygen atoms in total. The summed E-state index contributed by atoms with van der Waals surface area (Å²) >= 11 is 0. The normalized spacial score (nSPS) is 15.1. The van der Waals surface area contributed by atoms with Gasteiger partial charge in [-0.15, -0.1) is 0 Å². The maximum absolute atomic E-state index is 12.4. The predicted octanol–water partition coefficient (Wildman–Crippen LogP) is 0.536. The van der Waals surface area contributed by atoms with Gasteiger partial charge in [-0.1, -0.05) is 0 Å². The van der Waals surface area contributed by atoms with Crippen molar-refractivity contribution >= 4 is 5.91 Å². The lowest BCUT2D eigenvalue weighted by Gasteiger charge is -2.21. The number of hydrogen-bond donors (Lipinski definition) is 2. The second-order valence-corrected chi connectivity index (χ2v) is 2.29. The van der Waals surface area contributed by atoms with Crippen LogP contribution in [-0.2, 0) is 9.53 Å². The molecular weight excluding hydrogens is 215 g/mol. The molecule has 1 unspecified atom stereocenters. The van der Waals surface area contributed by atoms with Gasteiger partial charge in [-0.05, 0) is 6.92 Å². The maximum atomic E-state index is 12.4. The van der Waals surface area contributed by atoms with Crippen molar-refractivity contribution in [3.63, 3.8) is 0 Å². The van der Waals surface area contributed by atoms with Crippen LogP contribution in [-0.4, -0.2) is 24.3 Å². The van der Waals surface area contributed by atoms with Crippen molar-refractivity contribution in [1.29, 1.82) is 0 Å². The average molecular weight is 222 g/mol. The first-order chi connectivity index (χ1) is 6.11. The van der Waals surface area contributed by atoms with E-state index in [9.17, 15) is 26.7 Å². The number of nitrogens with one attached hydrogen (secondary N) is 1. The maximum Gasteiger partial charge on any atom is 0.438 e. The van der Waals surface area contributed by atoms with Crippen LogP contribution in [0.1, 0.15) is 6.92 Å². The SMILES string of the molecule is CC(OC(F)(F)C(=O)NN)C(F)(F)F. The molecule has 84 valence electrons. The Balaban J connectivity index is 4.44. The van der Waals surface area contributed by atoms with Gasteiger partial charge in [0.1, 0.15) is 0 Å². The minimum Gasteiger partial charge on any atom is -0.300 e. The fourth-order valence-electron chi connectivity index (χ4n) is 0.426. The molecule has 3 N–H and O–H groups in total. The summed E-state index contributed by atoms with van der Waals surface area (Å²) in [7, 11) is 0. The molecule has 0 spiro atoms. The quantitative estimate of drug-likeness (QED) is 0.317.